The third kappa shape index (κ3) is 4.98. The summed E-state index contributed by atoms with van der Waals surface area (Å²) in [4.78, 5) is 0.290. The minimum Gasteiger partial charge on any atom is -0.493 e. The summed E-state index contributed by atoms with van der Waals surface area (Å²) in [6.07, 6.45) is 1.66. The van der Waals surface area contributed by atoms with E-state index in [2.05, 4.69) is 23.9 Å². The van der Waals surface area contributed by atoms with Gasteiger partial charge in [0.1, 0.15) is 5.75 Å². The third-order valence-corrected chi connectivity index (χ3v) is 4.91. The van der Waals surface area contributed by atoms with Gasteiger partial charge in [-0.2, -0.15) is 0 Å². The molecule has 6 heteroatoms. The Morgan fingerprint density at radius 1 is 1.24 bits per heavy atom. The Kier molecular flexibility index (Phi) is 5.61. The topological polar surface area (TPSA) is 67.4 Å². The molecule has 1 aromatic rings. The highest BCUT2D eigenvalue weighted by Crippen LogP contribution is 2.17. The Labute approximate surface area is 127 Å². The SMILES string of the molecule is CC(C)COc1ccc(S(=O)(=O)NC2CCNCC2)cc1. The zero-order valence-electron chi connectivity index (χ0n) is 12.6. The molecule has 118 valence electrons. The van der Waals surface area contributed by atoms with Crippen molar-refractivity contribution in [1.82, 2.24) is 10.0 Å². The molecule has 1 aliphatic heterocycles. The molecule has 1 aliphatic rings. The van der Waals surface area contributed by atoms with Gasteiger partial charge in [0.2, 0.25) is 10.0 Å². The normalized spacial score (nSPS) is 17.1. The molecule has 2 N–H and O–H groups in total. The van der Waals surface area contributed by atoms with Crippen LogP contribution in [-0.4, -0.2) is 34.2 Å². The van der Waals surface area contributed by atoms with Crippen molar-refractivity contribution in [3.63, 3.8) is 0 Å². The standard InChI is InChI=1S/C15H24N2O3S/c1-12(2)11-20-14-3-5-15(6-4-14)21(18,19)17-13-7-9-16-10-8-13/h3-6,12-13,16-17H,7-11H2,1-2H3. The molecule has 0 aromatic heterocycles. The summed E-state index contributed by atoms with van der Waals surface area (Å²) in [6, 6.07) is 6.63. The van der Waals surface area contributed by atoms with Crippen molar-refractivity contribution in [2.45, 2.75) is 37.6 Å². The smallest absolute Gasteiger partial charge is 0.240 e. The Balaban J connectivity index is 1.99. The Hall–Kier alpha value is -1.11. The average molecular weight is 312 g/mol. The van der Waals surface area contributed by atoms with Gasteiger partial charge in [-0.3, -0.25) is 0 Å². The molecule has 1 aromatic carbocycles. The molecule has 0 radical (unpaired) electrons. The minimum absolute atomic E-state index is 0.0214. The fourth-order valence-electron chi connectivity index (χ4n) is 2.21. The second kappa shape index (κ2) is 7.24. The number of benzene rings is 1. The van der Waals surface area contributed by atoms with E-state index in [9.17, 15) is 8.42 Å². The highest BCUT2D eigenvalue weighted by Gasteiger charge is 2.21. The molecule has 0 spiro atoms. The fourth-order valence-corrected chi connectivity index (χ4v) is 3.51. The van der Waals surface area contributed by atoms with E-state index in [1.165, 1.54) is 0 Å². The monoisotopic (exact) mass is 312 g/mol. The van der Waals surface area contributed by atoms with Gasteiger partial charge in [0.05, 0.1) is 11.5 Å². The molecular weight excluding hydrogens is 288 g/mol. The Bertz CT molecular complexity index is 535. The van der Waals surface area contributed by atoms with Crippen molar-refractivity contribution in [2.75, 3.05) is 19.7 Å². The van der Waals surface area contributed by atoms with Crippen LogP contribution in [-0.2, 0) is 10.0 Å². The molecule has 5 nitrogen and oxygen atoms in total. The van der Waals surface area contributed by atoms with Crippen molar-refractivity contribution < 1.29 is 13.2 Å². The second-order valence-corrected chi connectivity index (χ2v) is 7.54. The van der Waals surface area contributed by atoms with Gasteiger partial charge in [0.15, 0.2) is 0 Å². The molecular formula is C15H24N2O3S. The molecule has 1 fully saturated rings. The van der Waals surface area contributed by atoms with Crippen LogP contribution >= 0.6 is 0 Å². The van der Waals surface area contributed by atoms with Crippen LogP contribution in [0.5, 0.6) is 5.75 Å². The van der Waals surface area contributed by atoms with E-state index in [4.69, 9.17) is 4.74 Å². The molecule has 0 aliphatic carbocycles. The number of sulfonamides is 1. The van der Waals surface area contributed by atoms with E-state index in [1.54, 1.807) is 24.3 Å². The third-order valence-electron chi connectivity index (χ3n) is 3.38. The first kappa shape index (κ1) is 16.3. The summed E-state index contributed by atoms with van der Waals surface area (Å²) in [7, 11) is -3.44. The molecule has 2 rings (SSSR count). The lowest BCUT2D eigenvalue weighted by molar-refractivity contribution is 0.271. The molecule has 1 heterocycles. The second-order valence-electron chi connectivity index (χ2n) is 5.82. The molecule has 1 saturated heterocycles. The molecule has 0 saturated carbocycles. The number of hydrogen-bond acceptors (Lipinski definition) is 4. The number of hydrogen-bond donors (Lipinski definition) is 2. The van der Waals surface area contributed by atoms with E-state index >= 15 is 0 Å². The highest BCUT2D eigenvalue weighted by atomic mass is 32.2. The van der Waals surface area contributed by atoms with Crippen LogP contribution in [0.1, 0.15) is 26.7 Å². The Morgan fingerprint density at radius 3 is 2.43 bits per heavy atom. The van der Waals surface area contributed by atoms with Gasteiger partial charge in [-0.05, 0) is 56.1 Å². The number of ether oxygens (including phenoxy) is 1. The molecule has 0 unspecified atom stereocenters. The number of rotatable bonds is 6. The van der Waals surface area contributed by atoms with Gasteiger partial charge in [-0.25, -0.2) is 13.1 Å². The first-order valence-corrected chi connectivity index (χ1v) is 8.91. The van der Waals surface area contributed by atoms with Crippen molar-refractivity contribution in [3.8, 4) is 5.75 Å². The lowest BCUT2D eigenvalue weighted by Crippen LogP contribution is -2.42. The van der Waals surface area contributed by atoms with E-state index in [1.807, 2.05) is 0 Å². The maximum absolute atomic E-state index is 12.3. The summed E-state index contributed by atoms with van der Waals surface area (Å²) < 4.78 is 32.9. The lowest BCUT2D eigenvalue weighted by atomic mass is 10.1. The maximum atomic E-state index is 12.3. The predicted octanol–water partition coefficient (Wildman–Crippen LogP) is 1.75. The van der Waals surface area contributed by atoms with E-state index in [0.29, 0.717) is 18.3 Å². The largest absolute Gasteiger partial charge is 0.493 e. The summed E-state index contributed by atoms with van der Waals surface area (Å²) >= 11 is 0. The van der Waals surface area contributed by atoms with E-state index in [0.717, 1.165) is 25.9 Å². The summed E-state index contributed by atoms with van der Waals surface area (Å²) in [5.41, 5.74) is 0. The fraction of sp³-hybridized carbons (Fsp3) is 0.600. The first-order chi connectivity index (χ1) is 9.97. The lowest BCUT2D eigenvalue weighted by Gasteiger charge is -2.23. The van der Waals surface area contributed by atoms with Crippen LogP contribution in [0.25, 0.3) is 0 Å². The van der Waals surface area contributed by atoms with Crippen LogP contribution in [0.4, 0.5) is 0 Å². The average Bonchev–Trinajstić information content (AvgIpc) is 2.46. The van der Waals surface area contributed by atoms with Crippen LogP contribution in [0, 0.1) is 5.92 Å². The van der Waals surface area contributed by atoms with Gasteiger partial charge >= 0.3 is 0 Å². The van der Waals surface area contributed by atoms with Crippen molar-refractivity contribution >= 4 is 10.0 Å². The molecule has 0 atom stereocenters. The molecule has 21 heavy (non-hydrogen) atoms. The van der Waals surface area contributed by atoms with Crippen molar-refractivity contribution in [1.29, 1.82) is 0 Å². The summed E-state index contributed by atoms with van der Waals surface area (Å²) in [5, 5.41) is 3.22. The van der Waals surface area contributed by atoms with Gasteiger partial charge in [-0.15, -0.1) is 0 Å². The Morgan fingerprint density at radius 2 is 1.86 bits per heavy atom. The van der Waals surface area contributed by atoms with Gasteiger partial charge < -0.3 is 10.1 Å². The van der Waals surface area contributed by atoms with Gasteiger partial charge in [-0.1, -0.05) is 13.8 Å². The molecule has 0 bridgehead atoms. The van der Waals surface area contributed by atoms with Crippen LogP contribution < -0.4 is 14.8 Å². The van der Waals surface area contributed by atoms with E-state index < -0.39 is 10.0 Å². The van der Waals surface area contributed by atoms with Crippen LogP contribution in [0.2, 0.25) is 0 Å². The van der Waals surface area contributed by atoms with Crippen molar-refractivity contribution in [2.24, 2.45) is 5.92 Å². The number of piperidine rings is 1. The van der Waals surface area contributed by atoms with Crippen molar-refractivity contribution in [3.05, 3.63) is 24.3 Å². The minimum atomic E-state index is -3.44. The quantitative estimate of drug-likeness (QED) is 0.840. The predicted molar refractivity (Wildman–Crippen MR) is 83.0 cm³/mol. The molecule has 0 amide bonds. The first-order valence-electron chi connectivity index (χ1n) is 7.43. The number of nitrogens with one attached hydrogen (secondary N) is 2. The van der Waals surface area contributed by atoms with Gasteiger partial charge in [0.25, 0.3) is 0 Å². The zero-order valence-corrected chi connectivity index (χ0v) is 13.4. The van der Waals surface area contributed by atoms with Crippen LogP contribution in [0.3, 0.4) is 0 Å². The van der Waals surface area contributed by atoms with Crippen LogP contribution in [0.15, 0.2) is 29.2 Å². The van der Waals surface area contributed by atoms with Gasteiger partial charge in [0, 0.05) is 6.04 Å². The van der Waals surface area contributed by atoms with E-state index in [-0.39, 0.29) is 10.9 Å². The maximum Gasteiger partial charge on any atom is 0.240 e. The summed E-state index contributed by atoms with van der Waals surface area (Å²) in [6.45, 7) is 6.48. The zero-order chi connectivity index (χ0) is 15.3. The summed E-state index contributed by atoms with van der Waals surface area (Å²) in [5.74, 6) is 1.14. The highest BCUT2D eigenvalue weighted by molar-refractivity contribution is 7.89.